The summed E-state index contributed by atoms with van der Waals surface area (Å²) in [6, 6.07) is 6.85. The molecule has 0 bridgehead atoms. The van der Waals surface area contributed by atoms with E-state index in [1.165, 1.54) is 12.4 Å². The number of benzene rings is 1. The Kier molecular flexibility index (Phi) is 6.90. The first-order chi connectivity index (χ1) is 14.7. The molecule has 1 aliphatic heterocycles. The fraction of sp³-hybridized carbons (Fsp3) is 0.409. The lowest BCUT2D eigenvalue weighted by atomic mass is 9.96. The van der Waals surface area contributed by atoms with Crippen LogP contribution in [0.25, 0.3) is 0 Å². The standard InChI is InChI=1S/C22H26ClN5O3/c1-22(2,3)21(31)27-18-17(24-10-11-25-18)19(29)26-14-8-12-28(13-9-14)20(30)15-6-4-5-7-16(15)23/h4-7,10-11,14H,8-9,12-13H2,1-3H3,(H,26,29)(H,25,27,31). The third-order valence-electron chi connectivity index (χ3n) is 5.05. The molecular formula is C22H26ClN5O3. The molecule has 9 heteroatoms. The van der Waals surface area contributed by atoms with Crippen molar-refractivity contribution in [3.63, 3.8) is 0 Å². The molecule has 31 heavy (non-hydrogen) atoms. The molecule has 3 amide bonds. The molecule has 0 radical (unpaired) electrons. The highest BCUT2D eigenvalue weighted by Crippen LogP contribution is 2.21. The maximum absolute atomic E-state index is 12.8. The fourth-order valence-corrected chi connectivity index (χ4v) is 3.39. The van der Waals surface area contributed by atoms with Gasteiger partial charge in [0.1, 0.15) is 0 Å². The number of piperidine rings is 1. The van der Waals surface area contributed by atoms with Crippen LogP contribution in [0, 0.1) is 5.41 Å². The lowest BCUT2D eigenvalue weighted by Crippen LogP contribution is -2.47. The number of carbonyl (C=O) groups is 3. The summed E-state index contributed by atoms with van der Waals surface area (Å²) in [5.41, 5.74) is -0.0909. The fourth-order valence-electron chi connectivity index (χ4n) is 3.18. The lowest BCUT2D eigenvalue weighted by molar-refractivity contribution is -0.123. The zero-order valence-electron chi connectivity index (χ0n) is 17.8. The molecule has 0 saturated carbocycles. The molecular weight excluding hydrogens is 418 g/mol. The van der Waals surface area contributed by atoms with Gasteiger partial charge in [-0.05, 0) is 25.0 Å². The van der Waals surface area contributed by atoms with Crippen molar-refractivity contribution in [1.82, 2.24) is 20.2 Å². The highest BCUT2D eigenvalue weighted by atomic mass is 35.5. The van der Waals surface area contributed by atoms with E-state index in [9.17, 15) is 14.4 Å². The van der Waals surface area contributed by atoms with Gasteiger partial charge in [0.05, 0.1) is 10.6 Å². The molecule has 2 aromatic rings. The summed E-state index contributed by atoms with van der Waals surface area (Å²) < 4.78 is 0. The van der Waals surface area contributed by atoms with Crippen LogP contribution in [0.3, 0.4) is 0 Å². The van der Waals surface area contributed by atoms with E-state index in [4.69, 9.17) is 11.6 Å². The maximum atomic E-state index is 12.8. The normalized spacial score (nSPS) is 14.8. The van der Waals surface area contributed by atoms with Crippen molar-refractivity contribution < 1.29 is 14.4 Å². The van der Waals surface area contributed by atoms with Gasteiger partial charge in [-0.2, -0.15) is 0 Å². The summed E-state index contributed by atoms with van der Waals surface area (Å²) in [6.07, 6.45) is 4.04. The Bertz CT molecular complexity index is 981. The Morgan fingerprint density at radius 3 is 2.35 bits per heavy atom. The van der Waals surface area contributed by atoms with Crippen LogP contribution < -0.4 is 10.6 Å². The number of hydrogen-bond acceptors (Lipinski definition) is 5. The number of halogens is 1. The summed E-state index contributed by atoms with van der Waals surface area (Å²) in [7, 11) is 0. The molecule has 0 spiro atoms. The van der Waals surface area contributed by atoms with Gasteiger partial charge < -0.3 is 15.5 Å². The number of nitrogens with zero attached hydrogens (tertiary/aromatic N) is 3. The topological polar surface area (TPSA) is 104 Å². The van der Waals surface area contributed by atoms with Crippen molar-refractivity contribution in [2.75, 3.05) is 18.4 Å². The first-order valence-corrected chi connectivity index (χ1v) is 10.5. The highest BCUT2D eigenvalue weighted by molar-refractivity contribution is 6.33. The van der Waals surface area contributed by atoms with Crippen LogP contribution in [0.4, 0.5) is 5.82 Å². The molecule has 1 aliphatic rings. The third kappa shape index (κ3) is 5.58. The van der Waals surface area contributed by atoms with Crippen molar-refractivity contribution in [2.45, 2.75) is 39.7 Å². The van der Waals surface area contributed by atoms with Gasteiger partial charge in [0.15, 0.2) is 11.5 Å². The summed E-state index contributed by atoms with van der Waals surface area (Å²) in [5, 5.41) is 6.04. The van der Waals surface area contributed by atoms with Gasteiger partial charge in [0.2, 0.25) is 5.91 Å². The zero-order chi connectivity index (χ0) is 22.6. The summed E-state index contributed by atoms with van der Waals surface area (Å²) in [6.45, 7) is 6.33. The number of likely N-dealkylation sites (tertiary alicyclic amines) is 1. The van der Waals surface area contributed by atoms with Gasteiger partial charge >= 0.3 is 0 Å². The molecule has 164 valence electrons. The van der Waals surface area contributed by atoms with E-state index in [-0.39, 0.29) is 29.4 Å². The Balaban J connectivity index is 1.60. The molecule has 0 unspecified atom stereocenters. The third-order valence-corrected chi connectivity index (χ3v) is 5.38. The minimum atomic E-state index is -0.633. The predicted molar refractivity (Wildman–Crippen MR) is 118 cm³/mol. The molecule has 1 aromatic carbocycles. The predicted octanol–water partition coefficient (Wildman–Crippen LogP) is 3.15. The number of amides is 3. The molecule has 2 N–H and O–H groups in total. The van der Waals surface area contributed by atoms with E-state index in [1.54, 1.807) is 49.9 Å². The van der Waals surface area contributed by atoms with Crippen LogP contribution in [-0.4, -0.2) is 51.7 Å². The quantitative estimate of drug-likeness (QED) is 0.755. The van der Waals surface area contributed by atoms with Crippen molar-refractivity contribution in [3.8, 4) is 0 Å². The van der Waals surface area contributed by atoms with Gasteiger partial charge in [0, 0.05) is 36.9 Å². The Morgan fingerprint density at radius 2 is 1.71 bits per heavy atom. The van der Waals surface area contributed by atoms with Crippen LogP contribution in [0.2, 0.25) is 5.02 Å². The van der Waals surface area contributed by atoms with Crippen LogP contribution in [-0.2, 0) is 4.79 Å². The van der Waals surface area contributed by atoms with Crippen LogP contribution in [0.1, 0.15) is 54.5 Å². The zero-order valence-corrected chi connectivity index (χ0v) is 18.6. The van der Waals surface area contributed by atoms with E-state index < -0.39 is 11.3 Å². The molecule has 1 aromatic heterocycles. The maximum Gasteiger partial charge on any atom is 0.273 e. The van der Waals surface area contributed by atoms with E-state index in [0.29, 0.717) is 36.5 Å². The molecule has 3 rings (SSSR count). The average Bonchev–Trinajstić information content (AvgIpc) is 2.74. The first kappa shape index (κ1) is 22.7. The lowest BCUT2D eigenvalue weighted by Gasteiger charge is -2.32. The second-order valence-corrected chi connectivity index (χ2v) is 8.88. The van der Waals surface area contributed by atoms with Crippen molar-refractivity contribution >= 4 is 35.1 Å². The van der Waals surface area contributed by atoms with Crippen molar-refractivity contribution in [2.24, 2.45) is 5.41 Å². The van der Waals surface area contributed by atoms with E-state index in [0.717, 1.165) is 0 Å². The molecule has 2 heterocycles. The van der Waals surface area contributed by atoms with Crippen LogP contribution >= 0.6 is 11.6 Å². The Morgan fingerprint density at radius 1 is 1.06 bits per heavy atom. The van der Waals surface area contributed by atoms with Gasteiger partial charge in [-0.15, -0.1) is 0 Å². The molecule has 0 atom stereocenters. The number of nitrogens with one attached hydrogen (secondary N) is 2. The van der Waals surface area contributed by atoms with Gasteiger partial charge in [-0.25, -0.2) is 9.97 Å². The van der Waals surface area contributed by atoms with E-state index in [2.05, 4.69) is 20.6 Å². The SMILES string of the molecule is CC(C)(C)C(=O)Nc1nccnc1C(=O)NC1CCN(C(=O)c2ccccc2Cl)CC1. The number of hydrogen-bond donors (Lipinski definition) is 2. The number of anilines is 1. The van der Waals surface area contributed by atoms with E-state index >= 15 is 0 Å². The summed E-state index contributed by atoms with van der Waals surface area (Å²) >= 11 is 6.14. The second-order valence-electron chi connectivity index (χ2n) is 8.48. The molecule has 0 aliphatic carbocycles. The Labute approximate surface area is 186 Å². The second kappa shape index (κ2) is 9.43. The Hall–Kier alpha value is -3.00. The van der Waals surface area contributed by atoms with Gasteiger partial charge in [-0.1, -0.05) is 44.5 Å². The minimum Gasteiger partial charge on any atom is -0.348 e. The number of rotatable bonds is 4. The monoisotopic (exact) mass is 443 g/mol. The van der Waals surface area contributed by atoms with Crippen molar-refractivity contribution in [3.05, 3.63) is 52.9 Å². The van der Waals surface area contributed by atoms with E-state index in [1.807, 2.05) is 0 Å². The summed E-state index contributed by atoms with van der Waals surface area (Å²) in [5.74, 6) is -0.649. The molecule has 1 saturated heterocycles. The van der Waals surface area contributed by atoms with Crippen LogP contribution in [0.5, 0.6) is 0 Å². The van der Waals surface area contributed by atoms with Gasteiger partial charge in [-0.3, -0.25) is 14.4 Å². The highest BCUT2D eigenvalue weighted by Gasteiger charge is 2.28. The largest absolute Gasteiger partial charge is 0.348 e. The number of aromatic nitrogens is 2. The molecule has 1 fully saturated rings. The average molecular weight is 444 g/mol. The first-order valence-electron chi connectivity index (χ1n) is 10.1. The van der Waals surface area contributed by atoms with Gasteiger partial charge in [0.25, 0.3) is 11.8 Å². The van der Waals surface area contributed by atoms with Crippen LogP contribution in [0.15, 0.2) is 36.7 Å². The molecule has 8 nitrogen and oxygen atoms in total. The number of carbonyl (C=O) groups excluding carboxylic acids is 3. The minimum absolute atomic E-state index is 0.0645. The van der Waals surface area contributed by atoms with Crippen molar-refractivity contribution in [1.29, 1.82) is 0 Å². The summed E-state index contributed by atoms with van der Waals surface area (Å²) in [4.78, 5) is 47.7. The smallest absolute Gasteiger partial charge is 0.273 e.